The Morgan fingerprint density at radius 3 is 2.44 bits per heavy atom. The number of carbonyl (C=O) groups excluding carboxylic acids is 1. The number of aromatic hydroxyl groups is 1. The largest absolute Gasteiger partial charge is 0.506 e. The van der Waals surface area contributed by atoms with E-state index in [9.17, 15) is 23.1 Å². The molecule has 0 saturated carbocycles. The quantitative estimate of drug-likeness (QED) is 0.909. The van der Waals surface area contributed by atoms with Crippen LogP contribution in [0, 0.1) is 0 Å². The van der Waals surface area contributed by atoms with Gasteiger partial charge in [0.05, 0.1) is 10.0 Å². The minimum atomic E-state index is -4.64. The van der Waals surface area contributed by atoms with Crippen molar-refractivity contribution in [2.75, 3.05) is 0 Å². The van der Waals surface area contributed by atoms with Crippen LogP contribution in [0.4, 0.5) is 13.2 Å². The third-order valence-corrected chi connectivity index (χ3v) is 2.49. The summed E-state index contributed by atoms with van der Waals surface area (Å²) in [7, 11) is 0. The maximum absolute atomic E-state index is 12.5. The van der Waals surface area contributed by atoms with E-state index in [1.807, 2.05) is 0 Å². The van der Waals surface area contributed by atoms with Gasteiger partial charge in [-0.3, -0.25) is 4.79 Å². The first-order valence-corrected chi connectivity index (χ1v) is 5.09. The number of phenolic OH excluding ortho intramolecular Hbond substituents is 1. The third kappa shape index (κ3) is 2.98. The maximum Gasteiger partial charge on any atom is 0.420 e. The Hall–Kier alpha value is -1.04. The van der Waals surface area contributed by atoms with E-state index in [-0.39, 0.29) is 22.2 Å². The van der Waals surface area contributed by atoms with Crippen LogP contribution in [0.3, 0.4) is 0 Å². The van der Waals surface area contributed by atoms with Crippen molar-refractivity contribution in [3.8, 4) is 5.75 Å². The molecule has 0 radical (unpaired) electrons. The average molecular weight is 297 g/mol. The second kappa shape index (κ2) is 4.45. The second-order valence-electron chi connectivity index (χ2n) is 3.35. The third-order valence-electron chi connectivity index (χ3n) is 1.88. The Morgan fingerprint density at radius 2 is 2.00 bits per heavy atom. The molecule has 1 N–H and O–H groups in total. The predicted octanol–water partition coefficient (Wildman–Crippen LogP) is 3.31. The van der Waals surface area contributed by atoms with E-state index in [1.54, 1.807) is 0 Å². The van der Waals surface area contributed by atoms with Gasteiger partial charge in [0, 0.05) is 6.42 Å². The first-order chi connectivity index (χ1) is 7.21. The minimum Gasteiger partial charge on any atom is -0.506 e. The molecule has 0 aromatic heterocycles. The number of phenols is 1. The molecule has 16 heavy (non-hydrogen) atoms. The number of halogens is 4. The van der Waals surface area contributed by atoms with Crippen LogP contribution in [-0.4, -0.2) is 10.9 Å². The van der Waals surface area contributed by atoms with E-state index in [1.165, 1.54) is 13.0 Å². The van der Waals surface area contributed by atoms with Crippen molar-refractivity contribution in [1.82, 2.24) is 0 Å². The Labute approximate surface area is 98.2 Å². The molecule has 1 aromatic carbocycles. The van der Waals surface area contributed by atoms with Crippen molar-refractivity contribution < 1.29 is 23.1 Å². The molecule has 1 rings (SSSR count). The van der Waals surface area contributed by atoms with Crippen LogP contribution < -0.4 is 0 Å². The molecule has 2 nitrogen and oxygen atoms in total. The van der Waals surface area contributed by atoms with Crippen LogP contribution in [0.15, 0.2) is 16.6 Å². The van der Waals surface area contributed by atoms with Crippen LogP contribution in [0.25, 0.3) is 0 Å². The van der Waals surface area contributed by atoms with Crippen LogP contribution in [0.2, 0.25) is 0 Å². The lowest BCUT2D eigenvalue weighted by Gasteiger charge is -2.12. The van der Waals surface area contributed by atoms with Crippen LogP contribution in [0.5, 0.6) is 5.75 Å². The van der Waals surface area contributed by atoms with E-state index < -0.39 is 17.5 Å². The highest BCUT2D eigenvalue weighted by molar-refractivity contribution is 9.10. The fourth-order valence-corrected chi connectivity index (χ4v) is 1.77. The monoisotopic (exact) mass is 296 g/mol. The Morgan fingerprint density at radius 1 is 1.44 bits per heavy atom. The zero-order valence-electron chi connectivity index (χ0n) is 8.23. The van der Waals surface area contributed by atoms with Crippen molar-refractivity contribution in [2.45, 2.75) is 19.5 Å². The molecule has 0 aliphatic carbocycles. The van der Waals surface area contributed by atoms with Crippen molar-refractivity contribution >= 4 is 21.7 Å². The Kier molecular flexibility index (Phi) is 3.62. The van der Waals surface area contributed by atoms with E-state index >= 15 is 0 Å². The SMILES string of the molecule is CC(=O)Cc1cc(Br)c(O)c(C(F)(F)F)c1. The lowest BCUT2D eigenvalue weighted by atomic mass is 10.1. The number of benzene rings is 1. The lowest BCUT2D eigenvalue weighted by Crippen LogP contribution is -2.07. The number of ketones is 1. The van der Waals surface area contributed by atoms with E-state index in [4.69, 9.17) is 0 Å². The molecule has 0 saturated heterocycles. The van der Waals surface area contributed by atoms with Gasteiger partial charge in [0.2, 0.25) is 0 Å². The molecule has 88 valence electrons. The molecule has 0 heterocycles. The summed E-state index contributed by atoms with van der Waals surface area (Å²) < 4.78 is 37.4. The molecule has 1 aromatic rings. The van der Waals surface area contributed by atoms with E-state index in [0.717, 1.165) is 6.07 Å². The van der Waals surface area contributed by atoms with Crippen molar-refractivity contribution in [3.05, 3.63) is 27.7 Å². The van der Waals surface area contributed by atoms with Gasteiger partial charge in [-0.2, -0.15) is 13.2 Å². The van der Waals surface area contributed by atoms with Gasteiger partial charge in [-0.1, -0.05) is 0 Å². The summed E-state index contributed by atoms with van der Waals surface area (Å²) in [5.74, 6) is -1.11. The number of rotatable bonds is 2. The molecule has 0 fully saturated rings. The molecular weight excluding hydrogens is 289 g/mol. The molecule has 0 aliphatic rings. The highest BCUT2D eigenvalue weighted by Gasteiger charge is 2.35. The summed E-state index contributed by atoms with van der Waals surface area (Å²) in [6.45, 7) is 1.29. The zero-order valence-corrected chi connectivity index (χ0v) is 9.82. The highest BCUT2D eigenvalue weighted by Crippen LogP contribution is 2.40. The van der Waals surface area contributed by atoms with Gasteiger partial charge in [-0.25, -0.2) is 0 Å². The minimum absolute atomic E-state index is 0.0708. The normalized spacial score (nSPS) is 11.6. The highest BCUT2D eigenvalue weighted by atomic mass is 79.9. The van der Waals surface area contributed by atoms with Crippen LogP contribution in [0.1, 0.15) is 18.1 Å². The van der Waals surface area contributed by atoms with Gasteiger partial charge in [-0.05, 0) is 40.5 Å². The van der Waals surface area contributed by atoms with Gasteiger partial charge in [0.25, 0.3) is 0 Å². The number of hydrogen-bond acceptors (Lipinski definition) is 2. The van der Waals surface area contributed by atoms with Gasteiger partial charge in [0.15, 0.2) is 0 Å². The van der Waals surface area contributed by atoms with Crippen LogP contribution >= 0.6 is 15.9 Å². The standard InChI is InChI=1S/C10H8BrF3O2/c1-5(15)2-6-3-7(10(12,13)14)9(16)8(11)4-6/h3-4,16H,2H2,1H3. The second-order valence-corrected chi connectivity index (χ2v) is 4.20. The van der Waals surface area contributed by atoms with Crippen molar-refractivity contribution in [1.29, 1.82) is 0 Å². The molecule has 0 bridgehead atoms. The fourth-order valence-electron chi connectivity index (χ4n) is 1.26. The number of carbonyl (C=O) groups is 1. The summed E-state index contributed by atoms with van der Waals surface area (Å²) in [5, 5.41) is 9.24. The van der Waals surface area contributed by atoms with E-state index in [2.05, 4.69) is 15.9 Å². The first-order valence-electron chi connectivity index (χ1n) is 4.30. The summed E-state index contributed by atoms with van der Waals surface area (Å²) in [4.78, 5) is 10.8. The zero-order chi connectivity index (χ0) is 12.5. The molecule has 0 unspecified atom stereocenters. The Balaban J connectivity index is 3.28. The number of hydrogen-bond donors (Lipinski definition) is 1. The summed E-state index contributed by atoms with van der Waals surface area (Å²) >= 11 is 2.82. The number of Topliss-reactive ketones (excluding diaryl/α,β-unsaturated/α-hetero) is 1. The molecule has 0 aliphatic heterocycles. The first kappa shape index (κ1) is 13.0. The van der Waals surface area contributed by atoms with Crippen LogP contribution in [-0.2, 0) is 17.4 Å². The molecule has 0 spiro atoms. The molecule has 0 amide bonds. The summed E-state index contributed by atoms with van der Waals surface area (Å²) in [6.07, 6.45) is -4.73. The van der Waals surface area contributed by atoms with Gasteiger partial charge in [0.1, 0.15) is 11.5 Å². The molecular formula is C10H8BrF3O2. The van der Waals surface area contributed by atoms with Gasteiger partial charge < -0.3 is 5.11 Å². The van der Waals surface area contributed by atoms with Crippen molar-refractivity contribution in [2.24, 2.45) is 0 Å². The predicted molar refractivity (Wildman–Crippen MR) is 55.2 cm³/mol. The lowest BCUT2D eigenvalue weighted by molar-refractivity contribution is -0.139. The Bertz CT molecular complexity index is 427. The van der Waals surface area contributed by atoms with Gasteiger partial charge in [-0.15, -0.1) is 0 Å². The van der Waals surface area contributed by atoms with E-state index in [0.29, 0.717) is 0 Å². The van der Waals surface area contributed by atoms with Crippen molar-refractivity contribution in [3.63, 3.8) is 0 Å². The van der Waals surface area contributed by atoms with Gasteiger partial charge >= 0.3 is 6.18 Å². The fraction of sp³-hybridized carbons (Fsp3) is 0.300. The molecule has 6 heteroatoms. The molecule has 0 atom stereocenters. The summed E-state index contributed by atoms with van der Waals surface area (Å²) in [5.41, 5.74) is -0.928. The average Bonchev–Trinajstić information content (AvgIpc) is 2.08. The maximum atomic E-state index is 12.5. The topological polar surface area (TPSA) is 37.3 Å². The summed E-state index contributed by atoms with van der Waals surface area (Å²) in [6, 6.07) is 2.08. The smallest absolute Gasteiger partial charge is 0.420 e. The number of alkyl halides is 3.